The molecular weight excluding hydrogens is 316 g/mol. The second kappa shape index (κ2) is 6.20. The summed E-state index contributed by atoms with van der Waals surface area (Å²) in [6.45, 7) is 0. The molecule has 0 spiro atoms. The van der Waals surface area contributed by atoms with E-state index in [0.717, 1.165) is 59.4 Å². The van der Waals surface area contributed by atoms with Crippen LogP contribution in [0.15, 0.2) is 24.5 Å². The number of anilines is 1. The van der Waals surface area contributed by atoms with E-state index >= 15 is 0 Å². The van der Waals surface area contributed by atoms with Crippen LogP contribution < -0.4 is 15.2 Å². The maximum absolute atomic E-state index is 6.23. The van der Waals surface area contributed by atoms with Gasteiger partial charge in [0.1, 0.15) is 23.6 Å². The molecule has 0 fully saturated rings. The molecular formula is C19H20N4O2. The summed E-state index contributed by atoms with van der Waals surface area (Å²) in [6.07, 6.45) is 5.65. The number of hydrogen-bond acceptors (Lipinski definition) is 6. The lowest BCUT2D eigenvalue weighted by Crippen LogP contribution is -2.10. The number of ether oxygens (including phenoxy) is 2. The van der Waals surface area contributed by atoms with Gasteiger partial charge in [-0.1, -0.05) is 0 Å². The highest BCUT2D eigenvalue weighted by atomic mass is 16.5. The van der Waals surface area contributed by atoms with Crippen molar-refractivity contribution in [2.75, 3.05) is 20.0 Å². The lowest BCUT2D eigenvalue weighted by Gasteiger charge is -2.22. The second-order valence-corrected chi connectivity index (χ2v) is 6.14. The molecule has 0 aliphatic heterocycles. The van der Waals surface area contributed by atoms with Crippen molar-refractivity contribution >= 4 is 16.9 Å². The minimum Gasteiger partial charge on any atom is -0.497 e. The Bertz CT molecular complexity index is 956. The van der Waals surface area contributed by atoms with E-state index < -0.39 is 0 Å². The highest BCUT2D eigenvalue weighted by Crippen LogP contribution is 2.42. The summed E-state index contributed by atoms with van der Waals surface area (Å²) in [4.78, 5) is 13.3. The topological polar surface area (TPSA) is 83.2 Å². The average molecular weight is 336 g/mol. The van der Waals surface area contributed by atoms with Crippen LogP contribution in [0.4, 0.5) is 5.82 Å². The number of nitrogens with zero attached hydrogens (tertiary/aromatic N) is 3. The number of aromatic nitrogens is 3. The third-order valence-electron chi connectivity index (χ3n) is 4.76. The van der Waals surface area contributed by atoms with Gasteiger partial charge in [0.05, 0.1) is 19.6 Å². The highest BCUT2D eigenvalue weighted by molar-refractivity contribution is 6.02. The maximum Gasteiger partial charge on any atom is 0.165 e. The van der Waals surface area contributed by atoms with Crippen LogP contribution in [-0.4, -0.2) is 29.2 Å². The number of nitrogens with two attached hydrogens (primary N) is 1. The fourth-order valence-corrected chi connectivity index (χ4v) is 3.58. The predicted octanol–water partition coefficient (Wildman–Crippen LogP) is 3.17. The van der Waals surface area contributed by atoms with Crippen LogP contribution in [0.1, 0.15) is 24.1 Å². The molecule has 6 nitrogen and oxygen atoms in total. The SMILES string of the molecule is COc1ccc(OC)c(-c2c3c(nc4ncnc(N)c24)CCCC3)c1. The Morgan fingerprint density at radius 2 is 1.88 bits per heavy atom. The summed E-state index contributed by atoms with van der Waals surface area (Å²) >= 11 is 0. The van der Waals surface area contributed by atoms with Crippen molar-refractivity contribution < 1.29 is 9.47 Å². The molecule has 0 unspecified atom stereocenters. The van der Waals surface area contributed by atoms with Crippen LogP contribution in [0.3, 0.4) is 0 Å². The molecule has 2 N–H and O–H groups in total. The van der Waals surface area contributed by atoms with Gasteiger partial charge in [0, 0.05) is 16.8 Å². The van der Waals surface area contributed by atoms with Crippen molar-refractivity contribution in [1.29, 1.82) is 0 Å². The minimum absolute atomic E-state index is 0.436. The fraction of sp³-hybridized carbons (Fsp3) is 0.316. The molecule has 1 aliphatic carbocycles. The normalized spacial score (nSPS) is 13.5. The van der Waals surface area contributed by atoms with E-state index in [1.54, 1.807) is 14.2 Å². The van der Waals surface area contributed by atoms with Crippen LogP contribution in [-0.2, 0) is 12.8 Å². The third kappa shape index (κ3) is 2.54. The summed E-state index contributed by atoms with van der Waals surface area (Å²) in [7, 11) is 3.32. The molecule has 4 rings (SSSR count). The Balaban J connectivity index is 2.13. The second-order valence-electron chi connectivity index (χ2n) is 6.14. The molecule has 0 saturated carbocycles. The van der Waals surface area contributed by atoms with Gasteiger partial charge in [0.2, 0.25) is 0 Å². The lowest BCUT2D eigenvalue weighted by atomic mass is 9.87. The van der Waals surface area contributed by atoms with E-state index in [9.17, 15) is 0 Å². The van der Waals surface area contributed by atoms with Crippen LogP contribution >= 0.6 is 0 Å². The summed E-state index contributed by atoms with van der Waals surface area (Å²) in [5, 5.41) is 0.787. The number of methoxy groups -OCH3 is 2. The van der Waals surface area contributed by atoms with Crippen LogP contribution in [0.5, 0.6) is 11.5 Å². The molecule has 2 aromatic heterocycles. The molecule has 3 aromatic rings. The first-order valence-electron chi connectivity index (χ1n) is 8.37. The number of aryl methyl sites for hydroxylation is 1. The largest absolute Gasteiger partial charge is 0.497 e. The van der Waals surface area contributed by atoms with Crippen molar-refractivity contribution in [3.63, 3.8) is 0 Å². The van der Waals surface area contributed by atoms with E-state index in [1.165, 1.54) is 11.9 Å². The Labute approximate surface area is 146 Å². The standard InChI is InChI=1S/C19H20N4O2/c1-24-11-7-8-15(25-2)13(9-11)16-12-5-3-4-6-14(12)23-19-17(16)18(20)21-10-22-19/h7-10H,3-6H2,1-2H3,(H2,20,21,22,23). The van der Waals surface area contributed by atoms with Gasteiger partial charge in [-0.15, -0.1) is 0 Å². The number of hydrogen-bond donors (Lipinski definition) is 1. The molecule has 0 amide bonds. The predicted molar refractivity (Wildman–Crippen MR) is 96.9 cm³/mol. The molecule has 128 valence electrons. The van der Waals surface area contributed by atoms with Crippen molar-refractivity contribution in [3.05, 3.63) is 35.8 Å². The fourth-order valence-electron chi connectivity index (χ4n) is 3.58. The van der Waals surface area contributed by atoms with E-state index in [4.69, 9.17) is 20.2 Å². The average Bonchev–Trinajstić information content (AvgIpc) is 2.66. The molecule has 0 saturated heterocycles. The van der Waals surface area contributed by atoms with Gasteiger partial charge in [-0.2, -0.15) is 0 Å². The summed E-state index contributed by atoms with van der Waals surface area (Å²) in [6, 6.07) is 5.78. The first-order valence-corrected chi connectivity index (χ1v) is 8.37. The van der Waals surface area contributed by atoms with Crippen LogP contribution in [0, 0.1) is 0 Å². The number of pyridine rings is 1. The molecule has 0 atom stereocenters. The maximum atomic E-state index is 6.23. The Hall–Kier alpha value is -2.89. The quantitative estimate of drug-likeness (QED) is 0.791. The highest BCUT2D eigenvalue weighted by Gasteiger charge is 2.23. The molecule has 6 heteroatoms. The zero-order valence-corrected chi connectivity index (χ0v) is 14.4. The summed E-state index contributed by atoms with van der Waals surface area (Å²) in [5.74, 6) is 1.97. The Kier molecular flexibility index (Phi) is 3.87. The molecule has 1 aromatic carbocycles. The van der Waals surface area contributed by atoms with Gasteiger partial charge in [0.15, 0.2) is 5.65 Å². The van der Waals surface area contributed by atoms with E-state index in [0.29, 0.717) is 11.5 Å². The van der Waals surface area contributed by atoms with Crippen molar-refractivity contribution in [2.45, 2.75) is 25.7 Å². The number of nitrogen functional groups attached to an aromatic ring is 1. The summed E-state index contributed by atoms with van der Waals surface area (Å²) in [5.41, 5.74) is 11.1. The van der Waals surface area contributed by atoms with Crippen molar-refractivity contribution in [1.82, 2.24) is 15.0 Å². The number of benzene rings is 1. The van der Waals surface area contributed by atoms with Crippen LogP contribution in [0.25, 0.3) is 22.2 Å². The van der Waals surface area contributed by atoms with E-state index in [2.05, 4.69) is 9.97 Å². The van der Waals surface area contributed by atoms with Gasteiger partial charge >= 0.3 is 0 Å². The van der Waals surface area contributed by atoms with Crippen molar-refractivity contribution in [2.24, 2.45) is 0 Å². The first-order chi connectivity index (χ1) is 12.2. The van der Waals surface area contributed by atoms with E-state index in [1.807, 2.05) is 18.2 Å². The molecule has 2 heterocycles. The Morgan fingerprint density at radius 1 is 1.04 bits per heavy atom. The monoisotopic (exact) mass is 336 g/mol. The zero-order valence-electron chi connectivity index (χ0n) is 14.4. The Morgan fingerprint density at radius 3 is 2.68 bits per heavy atom. The third-order valence-corrected chi connectivity index (χ3v) is 4.76. The number of fused-ring (bicyclic) bond motifs is 2. The number of rotatable bonds is 3. The van der Waals surface area contributed by atoms with Gasteiger partial charge in [-0.3, -0.25) is 0 Å². The molecule has 0 radical (unpaired) electrons. The van der Waals surface area contributed by atoms with Gasteiger partial charge in [0.25, 0.3) is 0 Å². The molecule has 1 aliphatic rings. The van der Waals surface area contributed by atoms with E-state index in [-0.39, 0.29) is 0 Å². The molecule has 0 bridgehead atoms. The summed E-state index contributed by atoms with van der Waals surface area (Å²) < 4.78 is 11.0. The smallest absolute Gasteiger partial charge is 0.165 e. The molecule has 25 heavy (non-hydrogen) atoms. The first kappa shape index (κ1) is 15.6. The van der Waals surface area contributed by atoms with Gasteiger partial charge in [-0.05, 0) is 49.4 Å². The minimum atomic E-state index is 0.436. The van der Waals surface area contributed by atoms with Gasteiger partial charge < -0.3 is 15.2 Å². The lowest BCUT2D eigenvalue weighted by molar-refractivity contribution is 0.404. The van der Waals surface area contributed by atoms with Gasteiger partial charge in [-0.25, -0.2) is 15.0 Å². The van der Waals surface area contributed by atoms with Crippen LogP contribution in [0.2, 0.25) is 0 Å². The van der Waals surface area contributed by atoms with Crippen molar-refractivity contribution in [3.8, 4) is 22.6 Å². The zero-order chi connectivity index (χ0) is 17.4.